The van der Waals surface area contributed by atoms with Crippen LogP contribution in [-0.4, -0.2) is 46.9 Å². The van der Waals surface area contributed by atoms with Gasteiger partial charge in [-0.15, -0.1) is 0 Å². The lowest BCUT2D eigenvalue weighted by Crippen LogP contribution is -2.40. The van der Waals surface area contributed by atoms with Gasteiger partial charge in [-0.25, -0.2) is 0 Å². The zero-order valence-electron chi connectivity index (χ0n) is 25.2. The van der Waals surface area contributed by atoms with Crippen LogP contribution in [0.4, 0.5) is 0 Å². The third-order valence-electron chi connectivity index (χ3n) is 9.47. The first-order chi connectivity index (χ1) is 21.9. The van der Waals surface area contributed by atoms with Crippen molar-refractivity contribution in [2.45, 2.75) is 50.4 Å². The van der Waals surface area contributed by atoms with Crippen LogP contribution in [0.5, 0.6) is 34.5 Å². The summed E-state index contributed by atoms with van der Waals surface area (Å²) in [6, 6.07) is 21.4. The van der Waals surface area contributed by atoms with Crippen LogP contribution < -0.4 is 18.9 Å². The fraction of sp³-hybridized carbons (Fsp3) is 0.351. The van der Waals surface area contributed by atoms with Crippen molar-refractivity contribution in [1.82, 2.24) is 0 Å². The predicted octanol–water partition coefficient (Wildman–Crippen LogP) is 6.47. The Morgan fingerprint density at radius 1 is 0.733 bits per heavy atom. The van der Waals surface area contributed by atoms with Crippen molar-refractivity contribution in [3.05, 3.63) is 95.1 Å². The van der Waals surface area contributed by atoms with E-state index in [0.717, 1.165) is 47.9 Å². The molecule has 2 aliphatic heterocycles. The van der Waals surface area contributed by atoms with Crippen LogP contribution in [0.15, 0.2) is 72.8 Å². The molecule has 1 aliphatic carbocycles. The second-order valence-corrected chi connectivity index (χ2v) is 12.3. The summed E-state index contributed by atoms with van der Waals surface area (Å²) in [6.45, 7) is 0.427. The van der Waals surface area contributed by atoms with Gasteiger partial charge in [0.05, 0.1) is 38.6 Å². The van der Waals surface area contributed by atoms with Crippen LogP contribution >= 0.6 is 0 Å². The SMILES string of the molecule is COc1ccc2c(c1)[C@H](O)[C@H]([C@@H]1COc3c(Cc4cc(O)ccc4-c4cccc(O)c4)cc(OC4CCCC4)cc3[C@H]1O)CO2. The van der Waals surface area contributed by atoms with E-state index in [2.05, 4.69) is 0 Å². The summed E-state index contributed by atoms with van der Waals surface area (Å²) in [7, 11) is 1.58. The Bertz CT molecular complexity index is 1690. The Morgan fingerprint density at radius 2 is 1.47 bits per heavy atom. The second-order valence-electron chi connectivity index (χ2n) is 12.3. The summed E-state index contributed by atoms with van der Waals surface area (Å²) in [6.07, 6.45) is 2.90. The quantitative estimate of drug-likeness (QED) is 0.188. The zero-order chi connectivity index (χ0) is 31.1. The zero-order valence-corrected chi connectivity index (χ0v) is 25.2. The molecule has 8 heteroatoms. The Labute approximate surface area is 262 Å². The highest BCUT2D eigenvalue weighted by Gasteiger charge is 2.43. The molecule has 4 N–H and O–H groups in total. The van der Waals surface area contributed by atoms with Gasteiger partial charge >= 0.3 is 0 Å². The molecule has 1 saturated carbocycles. The minimum Gasteiger partial charge on any atom is -0.508 e. The van der Waals surface area contributed by atoms with Gasteiger partial charge < -0.3 is 39.4 Å². The highest BCUT2D eigenvalue weighted by Crippen LogP contribution is 2.49. The number of fused-ring (bicyclic) bond motifs is 2. The maximum Gasteiger partial charge on any atom is 0.128 e. The molecule has 4 aromatic carbocycles. The highest BCUT2D eigenvalue weighted by molar-refractivity contribution is 5.70. The average molecular weight is 611 g/mol. The van der Waals surface area contributed by atoms with Crippen molar-refractivity contribution in [3.8, 4) is 45.6 Å². The highest BCUT2D eigenvalue weighted by atomic mass is 16.5. The first-order valence-electron chi connectivity index (χ1n) is 15.6. The van der Waals surface area contributed by atoms with Crippen LogP contribution in [0.25, 0.3) is 11.1 Å². The topological polar surface area (TPSA) is 118 Å². The molecule has 4 aromatic rings. The lowest BCUT2D eigenvalue weighted by atomic mass is 9.77. The number of aromatic hydroxyl groups is 2. The summed E-state index contributed by atoms with van der Waals surface area (Å²) < 4.78 is 24.3. The monoisotopic (exact) mass is 610 g/mol. The molecule has 7 rings (SSSR count). The summed E-state index contributed by atoms with van der Waals surface area (Å²) in [5.74, 6) is 1.90. The fourth-order valence-corrected chi connectivity index (χ4v) is 7.10. The van der Waals surface area contributed by atoms with Crippen LogP contribution in [0.2, 0.25) is 0 Å². The summed E-state index contributed by atoms with van der Waals surface area (Å²) in [5.41, 5.74) is 4.58. The number of aliphatic hydroxyl groups excluding tert-OH is 2. The van der Waals surface area contributed by atoms with Gasteiger partial charge in [-0.3, -0.25) is 0 Å². The van der Waals surface area contributed by atoms with Crippen molar-refractivity contribution in [2.75, 3.05) is 20.3 Å². The Kier molecular flexibility index (Phi) is 7.94. The number of phenolic OH excluding ortho intramolecular Hbond substituents is 2. The average Bonchev–Trinajstić information content (AvgIpc) is 3.55. The Hall–Kier alpha value is -4.40. The lowest BCUT2D eigenvalue weighted by molar-refractivity contribution is -0.0554. The molecule has 0 unspecified atom stereocenters. The number of aliphatic hydroxyl groups is 2. The fourth-order valence-electron chi connectivity index (χ4n) is 7.10. The van der Waals surface area contributed by atoms with E-state index in [1.165, 1.54) is 0 Å². The molecule has 0 spiro atoms. The second kappa shape index (κ2) is 12.2. The molecule has 0 aromatic heterocycles. The molecular weight excluding hydrogens is 572 g/mol. The summed E-state index contributed by atoms with van der Waals surface area (Å²) >= 11 is 0. The van der Waals surface area contributed by atoms with Gasteiger partial charge in [-0.2, -0.15) is 0 Å². The normalized spacial score (nSPS) is 22.6. The molecule has 8 nitrogen and oxygen atoms in total. The molecule has 3 aliphatic rings. The maximum absolute atomic E-state index is 11.9. The van der Waals surface area contributed by atoms with Crippen molar-refractivity contribution in [2.24, 2.45) is 11.8 Å². The molecule has 45 heavy (non-hydrogen) atoms. The Balaban J connectivity index is 1.25. The van der Waals surface area contributed by atoms with Crippen LogP contribution in [-0.2, 0) is 6.42 Å². The van der Waals surface area contributed by atoms with E-state index in [-0.39, 0.29) is 30.8 Å². The summed E-state index contributed by atoms with van der Waals surface area (Å²) in [5, 5.41) is 44.0. The first-order valence-corrected chi connectivity index (χ1v) is 15.6. The third-order valence-corrected chi connectivity index (χ3v) is 9.47. The minimum atomic E-state index is -0.940. The van der Waals surface area contributed by atoms with Crippen LogP contribution in [0, 0.1) is 11.8 Å². The van der Waals surface area contributed by atoms with E-state index in [9.17, 15) is 20.4 Å². The van der Waals surface area contributed by atoms with Gasteiger partial charge in [0.15, 0.2) is 0 Å². The van der Waals surface area contributed by atoms with Crippen molar-refractivity contribution < 1.29 is 39.4 Å². The summed E-state index contributed by atoms with van der Waals surface area (Å²) in [4.78, 5) is 0. The van der Waals surface area contributed by atoms with Gasteiger partial charge in [0.2, 0.25) is 0 Å². The van der Waals surface area contributed by atoms with Crippen molar-refractivity contribution in [1.29, 1.82) is 0 Å². The number of hydrogen-bond acceptors (Lipinski definition) is 8. The van der Waals surface area contributed by atoms with Gasteiger partial charge in [0.1, 0.15) is 34.5 Å². The standard InChI is InChI=1S/C37H38O8/c1-42-27-10-12-34-30(17-27)35(40)32(19-43-34)33-20-44-37-23(16-28(18-31(37)36(33)41)45-26-7-2-3-8-26)13-22-15-25(39)9-11-29(22)21-5-4-6-24(38)14-21/h4-6,9-12,14-18,26,32-33,35-36,38-41H,2-3,7-8,13,19-20H2,1H3/t32-,33-,35-,36+/m0/s1. The maximum atomic E-state index is 11.9. The number of benzene rings is 4. The third kappa shape index (κ3) is 5.76. The number of rotatable bonds is 7. The predicted molar refractivity (Wildman–Crippen MR) is 168 cm³/mol. The van der Waals surface area contributed by atoms with E-state index in [4.69, 9.17) is 18.9 Å². The molecule has 0 radical (unpaired) electrons. The smallest absolute Gasteiger partial charge is 0.128 e. The molecule has 1 fully saturated rings. The number of phenols is 2. The first kappa shape index (κ1) is 29.3. The van der Waals surface area contributed by atoms with Crippen LogP contribution in [0.1, 0.15) is 60.1 Å². The minimum absolute atomic E-state index is 0.108. The van der Waals surface area contributed by atoms with Gasteiger partial charge in [0, 0.05) is 34.9 Å². The van der Waals surface area contributed by atoms with Crippen molar-refractivity contribution >= 4 is 0 Å². The van der Waals surface area contributed by atoms with E-state index in [0.29, 0.717) is 40.5 Å². The molecular formula is C37H38O8. The molecule has 4 atom stereocenters. The number of methoxy groups -OCH3 is 1. The molecule has 0 bridgehead atoms. The Morgan fingerprint density at radius 3 is 2.24 bits per heavy atom. The van der Waals surface area contributed by atoms with E-state index < -0.39 is 24.0 Å². The number of ether oxygens (including phenoxy) is 4. The van der Waals surface area contributed by atoms with Gasteiger partial charge in [-0.05, 0) is 97.0 Å². The van der Waals surface area contributed by atoms with Crippen LogP contribution in [0.3, 0.4) is 0 Å². The molecule has 0 saturated heterocycles. The van der Waals surface area contributed by atoms with E-state index >= 15 is 0 Å². The molecule has 0 amide bonds. The van der Waals surface area contributed by atoms with Gasteiger partial charge in [-0.1, -0.05) is 18.2 Å². The van der Waals surface area contributed by atoms with Crippen molar-refractivity contribution in [3.63, 3.8) is 0 Å². The van der Waals surface area contributed by atoms with E-state index in [1.807, 2.05) is 24.3 Å². The van der Waals surface area contributed by atoms with E-state index in [1.54, 1.807) is 55.6 Å². The van der Waals surface area contributed by atoms with Gasteiger partial charge in [0.25, 0.3) is 0 Å². The molecule has 2 heterocycles. The molecule has 234 valence electrons. The lowest BCUT2D eigenvalue weighted by Gasteiger charge is -2.40. The number of hydrogen-bond donors (Lipinski definition) is 4. The largest absolute Gasteiger partial charge is 0.508 e.